The first-order chi connectivity index (χ1) is 18.8. The third kappa shape index (κ3) is 6.41. The number of carbonyl (C=O) groups is 1. The molecule has 0 unspecified atom stereocenters. The fraction of sp³-hybridized carbons (Fsp3) is 0.323. The Hall–Kier alpha value is -3.46. The molecule has 3 aromatic rings. The van der Waals surface area contributed by atoms with E-state index in [9.17, 15) is 13.2 Å². The molecule has 204 valence electrons. The highest BCUT2D eigenvalue weighted by Crippen LogP contribution is 2.38. The van der Waals surface area contributed by atoms with Crippen molar-refractivity contribution in [3.05, 3.63) is 89.5 Å². The van der Waals surface area contributed by atoms with E-state index >= 15 is 0 Å². The molecule has 0 atom stereocenters. The molecule has 1 saturated heterocycles. The molecule has 2 heterocycles. The van der Waals surface area contributed by atoms with Gasteiger partial charge in [0.1, 0.15) is 0 Å². The lowest BCUT2D eigenvalue weighted by Crippen LogP contribution is -2.25. The maximum Gasteiger partial charge on any atom is 0.258 e. The Morgan fingerprint density at radius 2 is 1.69 bits per heavy atom. The largest absolute Gasteiger partial charge is 0.354 e. The van der Waals surface area contributed by atoms with Gasteiger partial charge >= 0.3 is 0 Å². The summed E-state index contributed by atoms with van der Waals surface area (Å²) in [6.45, 7) is 7.69. The molecular weight excluding hydrogens is 508 g/mol. The van der Waals surface area contributed by atoms with E-state index in [4.69, 9.17) is 0 Å². The van der Waals surface area contributed by atoms with Gasteiger partial charge in [-0.3, -0.25) is 9.69 Å². The number of benzene rings is 3. The van der Waals surface area contributed by atoms with Gasteiger partial charge in [0.15, 0.2) is 0 Å². The van der Waals surface area contributed by atoms with E-state index in [1.165, 1.54) is 24.5 Å². The minimum absolute atomic E-state index is 0.137. The fourth-order valence-electron chi connectivity index (χ4n) is 5.05. The molecule has 0 bridgehead atoms. The maximum atomic E-state index is 13.3. The molecule has 8 heteroatoms. The molecule has 0 saturated carbocycles. The third-order valence-corrected chi connectivity index (χ3v) is 8.66. The molecule has 0 spiro atoms. The van der Waals surface area contributed by atoms with E-state index < -0.39 is 10.0 Å². The first kappa shape index (κ1) is 27.1. The Labute approximate surface area is 231 Å². The van der Waals surface area contributed by atoms with Crippen molar-refractivity contribution in [2.24, 2.45) is 5.92 Å². The van der Waals surface area contributed by atoms with Crippen LogP contribution in [0.5, 0.6) is 0 Å². The van der Waals surface area contributed by atoms with E-state index in [1.54, 1.807) is 12.1 Å². The lowest BCUT2D eigenvalue weighted by molar-refractivity contribution is -0.110. The van der Waals surface area contributed by atoms with Crippen LogP contribution in [0.1, 0.15) is 49.8 Å². The van der Waals surface area contributed by atoms with Crippen LogP contribution in [0.4, 0.5) is 11.4 Å². The summed E-state index contributed by atoms with van der Waals surface area (Å²) < 4.78 is 28.8. The Bertz CT molecular complexity index is 1460. The van der Waals surface area contributed by atoms with Gasteiger partial charge in [0.05, 0.1) is 16.2 Å². The Kier molecular flexibility index (Phi) is 8.16. The number of anilines is 2. The minimum Gasteiger partial charge on any atom is -0.354 e. The molecule has 2 aliphatic rings. The zero-order chi connectivity index (χ0) is 27.4. The predicted molar refractivity (Wildman–Crippen MR) is 158 cm³/mol. The maximum absolute atomic E-state index is 13.3. The van der Waals surface area contributed by atoms with Gasteiger partial charge in [0.25, 0.3) is 5.91 Å². The number of amides is 1. The average Bonchev–Trinajstić information content (AvgIpc) is 3.55. The summed E-state index contributed by atoms with van der Waals surface area (Å²) in [6.07, 6.45) is 3.26. The van der Waals surface area contributed by atoms with Crippen molar-refractivity contribution in [1.29, 1.82) is 0 Å². The molecular formula is C31H36N4O3S. The molecule has 3 aromatic carbocycles. The smallest absolute Gasteiger partial charge is 0.258 e. The van der Waals surface area contributed by atoms with Crippen LogP contribution in [-0.4, -0.2) is 38.9 Å². The summed E-state index contributed by atoms with van der Waals surface area (Å²) in [5, 5.41) is 6.39. The van der Waals surface area contributed by atoms with Crippen molar-refractivity contribution in [1.82, 2.24) is 9.62 Å². The highest BCUT2D eigenvalue weighted by molar-refractivity contribution is 7.89. The van der Waals surface area contributed by atoms with E-state index in [0.717, 1.165) is 37.3 Å². The lowest BCUT2D eigenvalue weighted by atomic mass is 10.00. The molecule has 5 rings (SSSR count). The monoisotopic (exact) mass is 544 g/mol. The first-order valence-electron chi connectivity index (χ1n) is 13.6. The van der Waals surface area contributed by atoms with Crippen LogP contribution >= 0.6 is 0 Å². The molecule has 0 aromatic heterocycles. The highest BCUT2D eigenvalue weighted by atomic mass is 32.2. The molecule has 7 nitrogen and oxygen atoms in total. The van der Waals surface area contributed by atoms with Gasteiger partial charge in [0, 0.05) is 30.0 Å². The van der Waals surface area contributed by atoms with Crippen molar-refractivity contribution in [2.75, 3.05) is 30.3 Å². The van der Waals surface area contributed by atoms with Gasteiger partial charge in [-0.1, -0.05) is 56.3 Å². The fourth-order valence-corrected chi connectivity index (χ4v) is 6.12. The van der Waals surface area contributed by atoms with Crippen LogP contribution in [0.15, 0.2) is 77.7 Å². The zero-order valence-corrected chi connectivity index (χ0v) is 23.4. The lowest BCUT2D eigenvalue weighted by Gasteiger charge is -2.17. The number of carbonyl (C=O) groups excluding carboxylic acids is 1. The predicted octanol–water partition coefficient (Wildman–Crippen LogP) is 5.54. The number of sulfonamides is 1. The van der Waals surface area contributed by atoms with Gasteiger partial charge in [-0.05, 0) is 79.7 Å². The number of likely N-dealkylation sites (tertiary alicyclic amines) is 1. The van der Waals surface area contributed by atoms with Gasteiger partial charge in [-0.25, -0.2) is 13.1 Å². The summed E-state index contributed by atoms with van der Waals surface area (Å²) in [4.78, 5) is 15.9. The van der Waals surface area contributed by atoms with Crippen molar-refractivity contribution in [2.45, 2.75) is 44.6 Å². The Morgan fingerprint density at radius 3 is 2.38 bits per heavy atom. The van der Waals surface area contributed by atoms with E-state index in [1.807, 2.05) is 42.5 Å². The van der Waals surface area contributed by atoms with Crippen LogP contribution in [0, 0.1) is 5.92 Å². The summed E-state index contributed by atoms with van der Waals surface area (Å²) in [5.74, 6) is 0.113. The normalized spacial score (nSPS) is 16.8. The summed E-state index contributed by atoms with van der Waals surface area (Å²) in [7, 11) is -3.72. The first-order valence-corrected chi connectivity index (χ1v) is 15.1. The van der Waals surface area contributed by atoms with Crippen LogP contribution in [0.25, 0.3) is 11.3 Å². The van der Waals surface area contributed by atoms with Gasteiger partial charge in [-0.15, -0.1) is 0 Å². The number of hydrogen-bond acceptors (Lipinski definition) is 5. The molecule has 39 heavy (non-hydrogen) atoms. The molecule has 2 aliphatic heterocycles. The van der Waals surface area contributed by atoms with Gasteiger partial charge in [-0.2, -0.15) is 0 Å². The van der Waals surface area contributed by atoms with Crippen LogP contribution in [0.2, 0.25) is 0 Å². The van der Waals surface area contributed by atoms with Gasteiger partial charge in [0.2, 0.25) is 10.0 Å². The average molecular weight is 545 g/mol. The summed E-state index contributed by atoms with van der Waals surface area (Å²) >= 11 is 0. The van der Waals surface area contributed by atoms with Crippen LogP contribution in [-0.2, 0) is 21.4 Å². The second kappa shape index (κ2) is 11.7. The van der Waals surface area contributed by atoms with Crippen molar-refractivity contribution < 1.29 is 13.2 Å². The molecule has 1 amide bonds. The molecule has 0 radical (unpaired) electrons. The standard InChI is InChI=1S/C31H36N4O3S/c1-22(2)16-17-32-39(37,38)26-14-15-28-27(20-26)29(31(36)34-28)30(24-8-4-3-5-9-24)33-25-12-10-23(11-13-25)21-35-18-6-7-19-35/h3-5,8-15,20,22,32-33H,6-7,16-19,21H2,1-2H3,(H,34,36)/b30-29-. The molecule has 3 N–H and O–H groups in total. The number of rotatable bonds is 10. The van der Waals surface area contributed by atoms with Crippen LogP contribution in [0.3, 0.4) is 0 Å². The second-order valence-electron chi connectivity index (χ2n) is 10.7. The number of nitrogens with zero attached hydrogens (tertiary/aromatic N) is 1. The van der Waals surface area contributed by atoms with Crippen molar-refractivity contribution in [3.8, 4) is 0 Å². The SMILES string of the molecule is CC(C)CCNS(=O)(=O)c1ccc2c(c1)/C(=C(/Nc1ccc(CN3CCCC3)cc1)c1ccccc1)C(=O)N2. The number of nitrogens with one attached hydrogen (secondary N) is 3. The highest BCUT2D eigenvalue weighted by Gasteiger charge is 2.30. The topological polar surface area (TPSA) is 90.5 Å². The molecule has 0 aliphatic carbocycles. The third-order valence-electron chi connectivity index (χ3n) is 7.20. The minimum atomic E-state index is -3.72. The summed E-state index contributed by atoms with van der Waals surface area (Å²) in [5.41, 5.74) is 5.13. The van der Waals surface area contributed by atoms with Crippen molar-refractivity contribution >= 4 is 38.6 Å². The van der Waals surface area contributed by atoms with E-state index in [0.29, 0.717) is 35.0 Å². The van der Waals surface area contributed by atoms with E-state index in [-0.39, 0.29) is 10.8 Å². The summed E-state index contributed by atoms with van der Waals surface area (Å²) in [6, 6.07) is 22.7. The van der Waals surface area contributed by atoms with E-state index in [2.05, 4.69) is 46.2 Å². The van der Waals surface area contributed by atoms with Crippen molar-refractivity contribution in [3.63, 3.8) is 0 Å². The Morgan fingerprint density at radius 1 is 0.974 bits per heavy atom. The molecule has 1 fully saturated rings. The zero-order valence-electron chi connectivity index (χ0n) is 22.5. The Balaban J connectivity index is 1.49. The second-order valence-corrected chi connectivity index (χ2v) is 12.4. The quantitative estimate of drug-likeness (QED) is 0.292. The van der Waals surface area contributed by atoms with Crippen LogP contribution < -0.4 is 15.4 Å². The number of hydrogen-bond donors (Lipinski definition) is 3. The number of fused-ring (bicyclic) bond motifs is 1. The van der Waals surface area contributed by atoms with Gasteiger partial charge < -0.3 is 10.6 Å².